The molecule has 26 heavy (non-hydrogen) atoms. The topological polar surface area (TPSA) is 123 Å². The summed E-state index contributed by atoms with van der Waals surface area (Å²) in [7, 11) is 0. The molecule has 9 nitrogen and oxygen atoms in total. The molecule has 2 N–H and O–H groups in total. The number of hydrogen-bond donors (Lipinski definition) is 2. The van der Waals surface area contributed by atoms with Crippen LogP contribution in [0, 0.1) is 21.7 Å². The van der Waals surface area contributed by atoms with Gasteiger partial charge in [-0.15, -0.1) is 0 Å². The molecule has 0 atom stereocenters. The maximum atomic E-state index is 13.0. The molecule has 2 aromatic rings. The zero-order valence-electron chi connectivity index (χ0n) is 13.1. The zero-order chi connectivity index (χ0) is 19.3. The number of aromatic nitrogens is 1. The van der Waals surface area contributed by atoms with Crippen LogP contribution in [0.5, 0.6) is 0 Å². The number of carbonyl (C=O) groups excluding carboxylic acids is 2. The van der Waals surface area contributed by atoms with E-state index in [1.807, 2.05) is 0 Å². The number of nitrogens with zero attached hydrogens (tertiary/aromatic N) is 2. The Kier molecular flexibility index (Phi) is 5.73. The number of nitro groups is 1. The van der Waals surface area contributed by atoms with E-state index in [4.69, 9.17) is 0 Å². The lowest BCUT2D eigenvalue weighted by atomic mass is 10.3. The van der Waals surface area contributed by atoms with Crippen LogP contribution in [-0.4, -0.2) is 27.8 Å². The van der Waals surface area contributed by atoms with Gasteiger partial charge in [0.05, 0.1) is 17.7 Å². The van der Waals surface area contributed by atoms with Crippen LogP contribution >= 0.6 is 0 Å². The maximum Gasteiger partial charge on any atom is 0.285 e. The summed E-state index contributed by atoms with van der Waals surface area (Å²) in [6.45, 7) is -1.03. The summed E-state index contributed by atoms with van der Waals surface area (Å²) in [6.07, 6.45) is 0.906. The van der Waals surface area contributed by atoms with Crippen LogP contribution in [0.1, 0.15) is 0 Å². The third kappa shape index (κ3) is 4.93. The van der Waals surface area contributed by atoms with Gasteiger partial charge in [-0.2, -0.15) is 0 Å². The average Bonchev–Trinajstić information content (AvgIpc) is 2.58. The summed E-state index contributed by atoms with van der Waals surface area (Å²) in [5, 5.41) is 15.1. The first kappa shape index (κ1) is 18.7. The van der Waals surface area contributed by atoms with Gasteiger partial charge in [-0.3, -0.25) is 29.1 Å². The van der Waals surface area contributed by atoms with E-state index < -0.39 is 47.0 Å². The van der Waals surface area contributed by atoms with Crippen LogP contribution in [0.3, 0.4) is 0 Å². The Balaban J connectivity index is 1.91. The number of anilines is 1. The minimum Gasteiger partial charge on any atom is -0.345 e. The second kappa shape index (κ2) is 7.96. The number of benzene rings is 1. The van der Waals surface area contributed by atoms with E-state index in [9.17, 15) is 33.3 Å². The Hall–Kier alpha value is -3.63. The molecule has 11 heteroatoms. The number of rotatable bonds is 6. The Morgan fingerprint density at radius 2 is 1.85 bits per heavy atom. The van der Waals surface area contributed by atoms with Crippen molar-refractivity contribution in [2.45, 2.75) is 6.54 Å². The van der Waals surface area contributed by atoms with E-state index in [0.717, 1.165) is 41.1 Å². The average molecular weight is 366 g/mol. The van der Waals surface area contributed by atoms with Crippen molar-refractivity contribution >= 4 is 23.2 Å². The van der Waals surface area contributed by atoms with E-state index in [1.165, 1.54) is 0 Å². The minimum absolute atomic E-state index is 0.00180. The van der Waals surface area contributed by atoms with Crippen molar-refractivity contribution in [3.05, 3.63) is 68.6 Å². The Morgan fingerprint density at radius 1 is 1.12 bits per heavy atom. The molecular weight excluding hydrogens is 354 g/mol. The summed E-state index contributed by atoms with van der Waals surface area (Å²) in [4.78, 5) is 45.0. The summed E-state index contributed by atoms with van der Waals surface area (Å²) < 4.78 is 26.7. The smallest absolute Gasteiger partial charge is 0.285 e. The molecule has 0 saturated heterocycles. The SMILES string of the molecule is O=C(Cn1cc([N+](=O)[O-])ccc1=O)NCC(=O)Nc1ccc(F)c(F)c1. The standard InChI is InChI=1S/C15H12F2N4O5/c16-11-3-1-9(5-12(11)17)19-13(22)6-18-14(23)8-20-7-10(21(25)26)2-4-15(20)24/h1-5,7H,6,8H2,(H,18,23)(H,19,22). The molecule has 0 fully saturated rings. The van der Waals surface area contributed by atoms with Crippen molar-refractivity contribution in [2.24, 2.45) is 0 Å². The summed E-state index contributed by atoms with van der Waals surface area (Å²) in [5.41, 5.74) is -0.997. The molecule has 2 rings (SSSR count). The van der Waals surface area contributed by atoms with Crippen LogP contribution in [0.25, 0.3) is 0 Å². The van der Waals surface area contributed by atoms with Gasteiger partial charge < -0.3 is 10.6 Å². The predicted molar refractivity (Wildman–Crippen MR) is 85.4 cm³/mol. The minimum atomic E-state index is -1.14. The molecule has 2 amide bonds. The monoisotopic (exact) mass is 366 g/mol. The second-order valence-electron chi connectivity index (χ2n) is 5.06. The lowest BCUT2D eigenvalue weighted by molar-refractivity contribution is -0.385. The molecule has 1 heterocycles. The summed E-state index contributed by atoms with van der Waals surface area (Å²) >= 11 is 0. The first-order chi connectivity index (χ1) is 12.3. The lowest BCUT2D eigenvalue weighted by Gasteiger charge is -2.08. The molecule has 1 aromatic heterocycles. The molecule has 0 aliphatic carbocycles. The van der Waals surface area contributed by atoms with Crippen molar-refractivity contribution in [1.82, 2.24) is 9.88 Å². The highest BCUT2D eigenvalue weighted by atomic mass is 19.2. The normalized spacial score (nSPS) is 10.2. The molecule has 0 aliphatic rings. The van der Waals surface area contributed by atoms with Crippen molar-refractivity contribution < 1.29 is 23.3 Å². The predicted octanol–water partition coefficient (Wildman–Crippen LogP) is 0.790. The van der Waals surface area contributed by atoms with Crippen LogP contribution in [0.4, 0.5) is 20.2 Å². The quantitative estimate of drug-likeness (QED) is 0.578. The molecule has 0 saturated carbocycles. The highest BCUT2D eigenvalue weighted by Gasteiger charge is 2.12. The lowest BCUT2D eigenvalue weighted by Crippen LogP contribution is -2.36. The van der Waals surface area contributed by atoms with Crippen molar-refractivity contribution in [3.63, 3.8) is 0 Å². The van der Waals surface area contributed by atoms with Crippen LogP contribution in [0.15, 0.2) is 41.3 Å². The first-order valence-electron chi connectivity index (χ1n) is 7.13. The molecule has 0 unspecified atom stereocenters. The van der Waals surface area contributed by atoms with Gasteiger partial charge in [0.1, 0.15) is 6.54 Å². The highest BCUT2D eigenvalue weighted by molar-refractivity contribution is 5.94. The van der Waals surface area contributed by atoms with Gasteiger partial charge in [-0.05, 0) is 12.1 Å². The van der Waals surface area contributed by atoms with Gasteiger partial charge in [-0.25, -0.2) is 8.78 Å². The van der Waals surface area contributed by atoms with Gasteiger partial charge in [0, 0.05) is 23.9 Å². The third-order valence-corrected chi connectivity index (χ3v) is 3.14. The molecule has 1 aromatic carbocycles. The fraction of sp³-hybridized carbons (Fsp3) is 0.133. The number of halogens is 2. The van der Waals surface area contributed by atoms with E-state index >= 15 is 0 Å². The van der Waals surface area contributed by atoms with Crippen LogP contribution < -0.4 is 16.2 Å². The second-order valence-corrected chi connectivity index (χ2v) is 5.06. The van der Waals surface area contributed by atoms with Crippen molar-refractivity contribution in [1.29, 1.82) is 0 Å². The Bertz CT molecular complexity index is 928. The first-order valence-corrected chi connectivity index (χ1v) is 7.13. The number of amides is 2. The maximum absolute atomic E-state index is 13.0. The fourth-order valence-corrected chi connectivity index (χ4v) is 1.92. The number of nitrogens with one attached hydrogen (secondary N) is 2. The Labute approximate surface area is 144 Å². The molecule has 0 bridgehead atoms. The molecular formula is C15H12F2N4O5. The zero-order valence-corrected chi connectivity index (χ0v) is 13.1. The molecule has 0 aliphatic heterocycles. The van der Waals surface area contributed by atoms with E-state index in [-0.39, 0.29) is 11.4 Å². The van der Waals surface area contributed by atoms with Crippen molar-refractivity contribution in [3.8, 4) is 0 Å². The molecule has 136 valence electrons. The van der Waals surface area contributed by atoms with Gasteiger partial charge in [-0.1, -0.05) is 0 Å². The summed E-state index contributed by atoms with van der Waals surface area (Å²) in [6, 6.07) is 4.70. The van der Waals surface area contributed by atoms with Gasteiger partial charge in [0.25, 0.3) is 11.2 Å². The van der Waals surface area contributed by atoms with E-state index in [0.29, 0.717) is 0 Å². The van der Waals surface area contributed by atoms with Crippen LogP contribution in [-0.2, 0) is 16.1 Å². The Morgan fingerprint density at radius 3 is 2.50 bits per heavy atom. The van der Waals surface area contributed by atoms with Crippen molar-refractivity contribution in [2.75, 3.05) is 11.9 Å². The summed E-state index contributed by atoms with van der Waals surface area (Å²) in [5.74, 6) is -3.67. The third-order valence-electron chi connectivity index (χ3n) is 3.14. The van der Waals surface area contributed by atoms with Crippen LogP contribution in [0.2, 0.25) is 0 Å². The van der Waals surface area contributed by atoms with E-state index in [1.54, 1.807) is 0 Å². The number of pyridine rings is 1. The highest BCUT2D eigenvalue weighted by Crippen LogP contribution is 2.12. The molecule has 0 radical (unpaired) electrons. The van der Waals surface area contributed by atoms with E-state index in [2.05, 4.69) is 10.6 Å². The number of hydrogen-bond acceptors (Lipinski definition) is 5. The van der Waals surface area contributed by atoms with Gasteiger partial charge in [0.2, 0.25) is 11.8 Å². The van der Waals surface area contributed by atoms with Gasteiger partial charge >= 0.3 is 0 Å². The fourth-order valence-electron chi connectivity index (χ4n) is 1.92. The molecule has 0 spiro atoms. The largest absolute Gasteiger partial charge is 0.345 e. The van der Waals surface area contributed by atoms with Gasteiger partial charge in [0.15, 0.2) is 11.6 Å². The number of carbonyl (C=O) groups is 2.